The molecule has 0 radical (unpaired) electrons. The highest BCUT2D eigenvalue weighted by Gasteiger charge is 2.07. The number of benzene rings is 2. The Labute approximate surface area is 133 Å². The van der Waals surface area contributed by atoms with Crippen molar-refractivity contribution in [3.63, 3.8) is 0 Å². The first kappa shape index (κ1) is 15.5. The molecule has 0 aliphatic heterocycles. The highest BCUT2D eigenvalue weighted by molar-refractivity contribution is 6.42. The lowest BCUT2D eigenvalue weighted by Crippen LogP contribution is -1.96. The number of rotatable bonds is 5. The molecule has 2 aromatic rings. The maximum atomic E-state index is 5.94. The molecule has 0 fully saturated rings. The summed E-state index contributed by atoms with van der Waals surface area (Å²) in [6.07, 6.45) is 1.64. The van der Waals surface area contributed by atoms with Crippen molar-refractivity contribution in [2.45, 2.75) is 0 Å². The molecule has 0 saturated heterocycles. The van der Waals surface area contributed by atoms with Crippen LogP contribution in [-0.4, -0.2) is 20.4 Å². The van der Waals surface area contributed by atoms with Crippen molar-refractivity contribution >= 4 is 35.1 Å². The molecule has 1 N–H and O–H groups in total. The Bertz CT molecular complexity index is 660. The standard InChI is InChI=1S/C15H14Cl2N2O2/c1-20-14-5-3-4-10(15(14)21-2)9-18-19-11-6-7-12(16)13(17)8-11/h3-9,19H,1-2H3. The van der Waals surface area contributed by atoms with Gasteiger partial charge in [-0.2, -0.15) is 5.10 Å². The summed E-state index contributed by atoms with van der Waals surface area (Å²) >= 11 is 11.8. The van der Waals surface area contributed by atoms with Crippen molar-refractivity contribution in [2.75, 3.05) is 19.6 Å². The van der Waals surface area contributed by atoms with Crippen molar-refractivity contribution < 1.29 is 9.47 Å². The second kappa shape index (κ2) is 7.20. The lowest BCUT2D eigenvalue weighted by molar-refractivity contribution is 0.354. The Kier molecular flexibility index (Phi) is 5.31. The van der Waals surface area contributed by atoms with Crippen LogP contribution in [0.4, 0.5) is 5.69 Å². The molecule has 6 heteroatoms. The summed E-state index contributed by atoms with van der Waals surface area (Å²) in [7, 11) is 3.17. The van der Waals surface area contributed by atoms with Crippen LogP contribution in [0.15, 0.2) is 41.5 Å². The largest absolute Gasteiger partial charge is 0.493 e. The van der Waals surface area contributed by atoms with Crippen LogP contribution in [0.25, 0.3) is 0 Å². The Morgan fingerprint density at radius 3 is 2.52 bits per heavy atom. The molecule has 110 valence electrons. The van der Waals surface area contributed by atoms with E-state index in [9.17, 15) is 0 Å². The van der Waals surface area contributed by atoms with E-state index in [-0.39, 0.29) is 0 Å². The maximum absolute atomic E-state index is 5.94. The molecule has 0 aromatic heterocycles. The summed E-state index contributed by atoms with van der Waals surface area (Å²) in [5.74, 6) is 1.27. The number of halogens is 2. The molecule has 2 rings (SSSR count). The van der Waals surface area contributed by atoms with Crippen LogP contribution >= 0.6 is 23.2 Å². The summed E-state index contributed by atoms with van der Waals surface area (Å²) in [4.78, 5) is 0. The van der Waals surface area contributed by atoms with Gasteiger partial charge in [0.1, 0.15) is 0 Å². The van der Waals surface area contributed by atoms with E-state index in [0.717, 1.165) is 11.3 Å². The van der Waals surface area contributed by atoms with Gasteiger partial charge < -0.3 is 9.47 Å². The fourth-order valence-electron chi connectivity index (χ4n) is 1.76. The number of hydrazone groups is 1. The third-order valence-corrected chi connectivity index (χ3v) is 3.49. The minimum absolute atomic E-state index is 0.468. The van der Waals surface area contributed by atoms with Crippen LogP contribution < -0.4 is 14.9 Å². The molecule has 0 atom stereocenters. The van der Waals surface area contributed by atoms with Crippen LogP contribution in [0, 0.1) is 0 Å². The van der Waals surface area contributed by atoms with E-state index in [1.54, 1.807) is 38.6 Å². The van der Waals surface area contributed by atoms with Crippen molar-refractivity contribution in [3.05, 3.63) is 52.0 Å². The first-order valence-electron chi connectivity index (χ1n) is 6.11. The molecule has 0 heterocycles. The quantitative estimate of drug-likeness (QED) is 0.652. The molecular weight excluding hydrogens is 311 g/mol. The van der Waals surface area contributed by atoms with E-state index in [1.807, 2.05) is 18.2 Å². The fraction of sp³-hybridized carbons (Fsp3) is 0.133. The molecule has 0 bridgehead atoms. The molecule has 0 aliphatic carbocycles. The summed E-state index contributed by atoms with van der Waals surface area (Å²) in [5.41, 5.74) is 4.41. The normalized spacial score (nSPS) is 10.7. The highest BCUT2D eigenvalue weighted by atomic mass is 35.5. The number of hydrogen-bond donors (Lipinski definition) is 1. The smallest absolute Gasteiger partial charge is 0.169 e. The Hall–Kier alpha value is -1.91. The zero-order valence-electron chi connectivity index (χ0n) is 11.6. The van der Waals surface area contributed by atoms with Gasteiger partial charge in [-0.15, -0.1) is 0 Å². The molecule has 2 aromatic carbocycles. The van der Waals surface area contributed by atoms with Gasteiger partial charge in [0.05, 0.1) is 36.2 Å². The van der Waals surface area contributed by atoms with E-state index in [2.05, 4.69) is 10.5 Å². The van der Waals surface area contributed by atoms with Crippen LogP contribution in [0.1, 0.15) is 5.56 Å². The first-order valence-corrected chi connectivity index (χ1v) is 6.86. The Morgan fingerprint density at radius 1 is 1.05 bits per heavy atom. The minimum Gasteiger partial charge on any atom is -0.493 e. The van der Waals surface area contributed by atoms with Gasteiger partial charge in [0.25, 0.3) is 0 Å². The Balaban J connectivity index is 2.16. The second-order valence-electron chi connectivity index (χ2n) is 4.08. The molecule has 0 amide bonds. The van der Waals surface area contributed by atoms with Gasteiger partial charge >= 0.3 is 0 Å². The molecule has 0 saturated carbocycles. The molecule has 0 spiro atoms. The summed E-state index contributed by atoms with van der Waals surface area (Å²) in [6.45, 7) is 0. The third-order valence-electron chi connectivity index (χ3n) is 2.75. The van der Waals surface area contributed by atoms with Crippen molar-refractivity contribution in [1.29, 1.82) is 0 Å². The summed E-state index contributed by atoms with van der Waals surface area (Å²) < 4.78 is 10.6. The van der Waals surface area contributed by atoms with Gasteiger partial charge in [-0.05, 0) is 30.3 Å². The molecular formula is C15H14Cl2N2O2. The number of nitrogens with one attached hydrogen (secondary N) is 1. The van der Waals surface area contributed by atoms with E-state index in [1.165, 1.54) is 0 Å². The predicted octanol–water partition coefficient (Wildman–Crippen LogP) is 4.46. The van der Waals surface area contributed by atoms with Crippen molar-refractivity contribution in [3.8, 4) is 11.5 Å². The molecule has 21 heavy (non-hydrogen) atoms. The van der Waals surface area contributed by atoms with Gasteiger partial charge in [0.2, 0.25) is 0 Å². The van der Waals surface area contributed by atoms with Crippen LogP contribution in [0.5, 0.6) is 11.5 Å². The average molecular weight is 325 g/mol. The van der Waals surface area contributed by atoms with Gasteiger partial charge in [-0.25, -0.2) is 0 Å². The number of para-hydroxylation sites is 1. The lowest BCUT2D eigenvalue weighted by atomic mass is 10.2. The SMILES string of the molecule is COc1cccc(C=NNc2ccc(Cl)c(Cl)c2)c1OC. The van der Waals surface area contributed by atoms with E-state index < -0.39 is 0 Å². The fourth-order valence-corrected chi connectivity index (χ4v) is 2.05. The topological polar surface area (TPSA) is 42.8 Å². The van der Waals surface area contributed by atoms with Crippen molar-refractivity contribution in [1.82, 2.24) is 0 Å². The van der Waals surface area contributed by atoms with Crippen molar-refractivity contribution in [2.24, 2.45) is 5.10 Å². The van der Waals surface area contributed by atoms with E-state index in [4.69, 9.17) is 32.7 Å². The van der Waals surface area contributed by atoms with E-state index >= 15 is 0 Å². The Morgan fingerprint density at radius 2 is 1.86 bits per heavy atom. The number of ether oxygens (including phenoxy) is 2. The summed E-state index contributed by atoms with van der Waals surface area (Å²) in [5, 5.41) is 5.12. The molecule has 0 aliphatic rings. The predicted molar refractivity (Wildman–Crippen MR) is 87.2 cm³/mol. The number of anilines is 1. The van der Waals surface area contributed by atoms with E-state index in [0.29, 0.717) is 21.5 Å². The van der Waals surface area contributed by atoms with Gasteiger partial charge in [-0.1, -0.05) is 29.3 Å². The third kappa shape index (κ3) is 3.80. The first-order chi connectivity index (χ1) is 10.2. The maximum Gasteiger partial charge on any atom is 0.169 e. The monoisotopic (exact) mass is 324 g/mol. The second-order valence-corrected chi connectivity index (χ2v) is 4.90. The summed E-state index contributed by atoms with van der Waals surface area (Å²) in [6, 6.07) is 10.7. The number of nitrogens with zero attached hydrogens (tertiary/aromatic N) is 1. The van der Waals surface area contributed by atoms with Crippen LogP contribution in [0.2, 0.25) is 10.0 Å². The van der Waals surface area contributed by atoms with Gasteiger partial charge in [-0.3, -0.25) is 5.43 Å². The number of hydrogen-bond acceptors (Lipinski definition) is 4. The number of methoxy groups -OCH3 is 2. The highest BCUT2D eigenvalue weighted by Crippen LogP contribution is 2.29. The average Bonchev–Trinajstić information content (AvgIpc) is 2.50. The zero-order valence-corrected chi connectivity index (χ0v) is 13.1. The van der Waals surface area contributed by atoms with Gasteiger partial charge in [0, 0.05) is 5.56 Å². The minimum atomic E-state index is 0.468. The van der Waals surface area contributed by atoms with Crippen LogP contribution in [0.3, 0.4) is 0 Å². The zero-order chi connectivity index (χ0) is 15.2. The molecule has 0 unspecified atom stereocenters. The lowest BCUT2D eigenvalue weighted by Gasteiger charge is -2.09. The molecule has 4 nitrogen and oxygen atoms in total. The van der Waals surface area contributed by atoms with Crippen LogP contribution in [-0.2, 0) is 0 Å². The van der Waals surface area contributed by atoms with Gasteiger partial charge in [0.15, 0.2) is 11.5 Å².